The van der Waals surface area contributed by atoms with E-state index in [1.54, 1.807) is 22.7 Å². The fraction of sp³-hybridized carbons (Fsp3) is 0.588. The third-order valence-corrected chi connectivity index (χ3v) is 4.68. The summed E-state index contributed by atoms with van der Waals surface area (Å²) < 4.78 is 1.78. The maximum atomic E-state index is 12.3. The normalized spacial score (nSPS) is 18.0. The summed E-state index contributed by atoms with van der Waals surface area (Å²) in [7, 11) is 0. The zero-order valence-electron chi connectivity index (χ0n) is 14.3. The SMILES string of the molecule is Cc1nnc2ccc(C(=O)NCC(O)CN3CCC(C)CC3)cn12. The van der Waals surface area contributed by atoms with E-state index in [9.17, 15) is 9.90 Å². The second kappa shape index (κ2) is 7.27. The monoisotopic (exact) mass is 331 g/mol. The number of hydrogen-bond acceptors (Lipinski definition) is 5. The molecule has 0 radical (unpaired) electrons. The molecule has 2 aromatic heterocycles. The van der Waals surface area contributed by atoms with Crippen LogP contribution >= 0.6 is 0 Å². The number of aromatic nitrogens is 3. The van der Waals surface area contributed by atoms with Gasteiger partial charge < -0.3 is 15.3 Å². The Morgan fingerprint density at radius 2 is 2.12 bits per heavy atom. The van der Waals surface area contributed by atoms with Gasteiger partial charge in [0.2, 0.25) is 0 Å². The zero-order chi connectivity index (χ0) is 17.1. The van der Waals surface area contributed by atoms with Crippen LogP contribution in [-0.4, -0.2) is 62.8 Å². The number of pyridine rings is 1. The van der Waals surface area contributed by atoms with Crippen molar-refractivity contribution in [3.8, 4) is 0 Å². The number of nitrogens with zero attached hydrogens (tertiary/aromatic N) is 4. The number of likely N-dealkylation sites (tertiary alicyclic amines) is 1. The lowest BCUT2D eigenvalue weighted by Gasteiger charge is -2.31. The molecule has 130 valence electrons. The largest absolute Gasteiger partial charge is 0.390 e. The Bertz CT molecular complexity index is 706. The van der Waals surface area contributed by atoms with E-state index in [4.69, 9.17) is 0 Å². The number of carbonyl (C=O) groups excluding carboxylic acids is 1. The van der Waals surface area contributed by atoms with Crippen molar-refractivity contribution in [2.75, 3.05) is 26.2 Å². The van der Waals surface area contributed by atoms with Gasteiger partial charge in [0, 0.05) is 19.3 Å². The third kappa shape index (κ3) is 3.91. The van der Waals surface area contributed by atoms with Gasteiger partial charge in [0.1, 0.15) is 5.82 Å². The standard InChI is InChI=1S/C17H25N5O2/c1-12-5-7-21(8-6-12)11-15(23)9-18-17(24)14-3-4-16-20-19-13(2)22(16)10-14/h3-4,10,12,15,23H,5-9,11H2,1-2H3,(H,18,24). The molecule has 0 saturated carbocycles. The second-order valence-corrected chi connectivity index (χ2v) is 6.74. The van der Waals surface area contributed by atoms with Gasteiger partial charge in [-0.15, -0.1) is 10.2 Å². The molecular weight excluding hydrogens is 306 g/mol. The van der Waals surface area contributed by atoms with E-state index in [0.29, 0.717) is 17.8 Å². The van der Waals surface area contributed by atoms with Crippen LogP contribution in [0.2, 0.25) is 0 Å². The van der Waals surface area contributed by atoms with Crippen molar-refractivity contribution >= 4 is 11.6 Å². The Hall–Kier alpha value is -1.99. The van der Waals surface area contributed by atoms with Gasteiger partial charge in [-0.05, 0) is 50.9 Å². The van der Waals surface area contributed by atoms with Gasteiger partial charge in [-0.1, -0.05) is 6.92 Å². The van der Waals surface area contributed by atoms with Crippen LogP contribution < -0.4 is 5.32 Å². The first kappa shape index (κ1) is 16.9. The number of amides is 1. The number of carbonyl (C=O) groups is 1. The molecule has 1 amide bonds. The smallest absolute Gasteiger partial charge is 0.252 e. The highest BCUT2D eigenvalue weighted by molar-refractivity contribution is 5.94. The fourth-order valence-electron chi connectivity index (χ4n) is 3.06. The first-order chi connectivity index (χ1) is 11.5. The Kier molecular flexibility index (Phi) is 5.11. The summed E-state index contributed by atoms with van der Waals surface area (Å²) in [5.41, 5.74) is 1.24. The topological polar surface area (TPSA) is 82.8 Å². The molecule has 0 aromatic carbocycles. The predicted molar refractivity (Wildman–Crippen MR) is 90.9 cm³/mol. The number of piperidine rings is 1. The van der Waals surface area contributed by atoms with Crippen molar-refractivity contribution in [1.82, 2.24) is 24.8 Å². The molecule has 1 atom stereocenters. The van der Waals surface area contributed by atoms with Crippen LogP contribution in [0.15, 0.2) is 18.3 Å². The van der Waals surface area contributed by atoms with E-state index in [-0.39, 0.29) is 12.5 Å². The van der Waals surface area contributed by atoms with Crippen LogP contribution in [0.5, 0.6) is 0 Å². The lowest BCUT2D eigenvalue weighted by molar-refractivity contribution is 0.0795. The maximum Gasteiger partial charge on any atom is 0.252 e. The van der Waals surface area contributed by atoms with Gasteiger partial charge in [-0.3, -0.25) is 9.20 Å². The van der Waals surface area contributed by atoms with Crippen molar-refractivity contribution in [2.24, 2.45) is 5.92 Å². The molecular formula is C17H25N5O2. The quantitative estimate of drug-likeness (QED) is 0.849. The van der Waals surface area contributed by atoms with Gasteiger partial charge in [-0.25, -0.2) is 0 Å². The molecule has 7 nitrogen and oxygen atoms in total. The van der Waals surface area contributed by atoms with E-state index in [1.807, 2.05) is 6.92 Å². The Labute approximate surface area is 141 Å². The molecule has 7 heteroatoms. The van der Waals surface area contributed by atoms with E-state index < -0.39 is 6.10 Å². The predicted octanol–water partition coefficient (Wildman–Crippen LogP) is 0.860. The van der Waals surface area contributed by atoms with Gasteiger partial charge in [0.15, 0.2) is 5.65 Å². The highest BCUT2D eigenvalue weighted by Gasteiger charge is 2.19. The first-order valence-electron chi connectivity index (χ1n) is 8.53. The molecule has 0 spiro atoms. The minimum atomic E-state index is -0.553. The van der Waals surface area contributed by atoms with Crippen molar-refractivity contribution in [3.05, 3.63) is 29.7 Å². The fourth-order valence-corrected chi connectivity index (χ4v) is 3.06. The number of hydrogen-bond donors (Lipinski definition) is 2. The summed E-state index contributed by atoms with van der Waals surface area (Å²) in [6, 6.07) is 3.48. The van der Waals surface area contributed by atoms with Crippen LogP contribution in [0.1, 0.15) is 35.9 Å². The summed E-state index contributed by atoms with van der Waals surface area (Å²) in [5.74, 6) is 1.31. The molecule has 1 unspecified atom stereocenters. The van der Waals surface area contributed by atoms with Crippen LogP contribution in [0, 0.1) is 12.8 Å². The van der Waals surface area contributed by atoms with Gasteiger partial charge in [0.05, 0.1) is 11.7 Å². The summed E-state index contributed by atoms with van der Waals surface area (Å²) in [6.07, 6.45) is 3.52. The number of aryl methyl sites for hydroxylation is 1. The molecule has 1 saturated heterocycles. The molecule has 3 rings (SSSR count). The molecule has 1 aliphatic rings. The summed E-state index contributed by atoms with van der Waals surface area (Å²) in [5, 5.41) is 20.9. The third-order valence-electron chi connectivity index (χ3n) is 4.68. The zero-order valence-corrected chi connectivity index (χ0v) is 14.3. The summed E-state index contributed by atoms with van der Waals surface area (Å²) in [6.45, 7) is 7.01. The van der Waals surface area contributed by atoms with Crippen LogP contribution in [0.4, 0.5) is 0 Å². The maximum absolute atomic E-state index is 12.3. The Morgan fingerprint density at radius 1 is 1.38 bits per heavy atom. The molecule has 24 heavy (non-hydrogen) atoms. The van der Waals surface area contributed by atoms with Crippen molar-refractivity contribution in [1.29, 1.82) is 0 Å². The molecule has 1 aliphatic heterocycles. The highest BCUT2D eigenvalue weighted by Crippen LogP contribution is 2.15. The number of β-amino-alcohol motifs (C(OH)–C–C–N with tert-alkyl or cyclic N) is 1. The van der Waals surface area contributed by atoms with Gasteiger partial charge >= 0.3 is 0 Å². The summed E-state index contributed by atoms with van der Waals surface area (Å²) in [4.78, 5) is 14.5. The minimum absolute atomic E-state index is 0.198. The molecule has 0 aliphatic carbocycles. The molecule has 0 bridgehead atoms. The van der Waals surface area contributed by atoms with Gasteiger partial charge in [-0.2, -0.15) is 0 Å². The summed E-state index contributed by atoms with van der Waals surface area (Å²) >= 11 is 0. The number of fused-ring (bicyclic) bond motifs is 1. The highest BCUT2D eigenvalue weighted by atomic mass is 16.3. The average Bonchev–Trinajstić information content (AvgIpc) is 2.95. The van der Waals surface area contributed by atoms with Crippen LogP contribution in [0.3, 0.4) is 0 Å². The molecule has 3 heterocycles. The van der Waals surface area contributed by atoms with Crippen molar-refractivity contribution in [2.45, 2.75) is 32.8 Å². The number of aliphatic hydroxyl groups excluding tert-OH is 1. The Morgan fingerprint density at radius 3 is 2.88 bits per heavy atom. The van der Waals surface area contributed by atoms with Crippen molar-refractivity contribution < 1.29 is 9.90 Å². The van der Waals surface area contributed by atoms with E-state index in [2.05, 4.69) is 27.3 Å². The van der Waals surface area contributed by atoms with E-state index in [0.717, 1.165) is 24.8 Å². The van der Waals surface area contributed by atoms with Gasteiger partial charge in [0.25, 0.3) is 5.91 Å². The number of rotatable bonds is 5. The Balaban J connectivity index is 1.51. The number of aliphatic hydroxyl groups is 1. The minimum Gasteiger partial charge on any atom is -0.390 e. The molecule has 1 fully saturated rings. The van der Waals surface area contributed by atoms with Crippen molar-refractivity contribution in [3.63, 3.8) is 0 Å². The van der Waals surface area contributed by atoms with E-state index >= 15 is 0 Å². The number of nitrogens with one attached hydrogen (secondary N) is 1. The first-order valence-corrected chi connectivity index (χ1v) is 8.53. The lowest BCUT2D eigenvalue weighted by Crippen LogP contribution is -2.43. The molecule has 2 N–H and O–H groups in total. The van der Waals surface area contributed by atoms with Crippen LogP contribution in [0.25, 0.3) is 5.65 Å². The van der Waals surface area contributed by atoms with E-state index in [1.165, 1.54) is 12.8 Å². The van der Waals surface area contributed by atoms with Crippen LogP contribution in [-0.2, 0) is 0 Å². The average molecular weight is 331 g/mol. The second-order valence-electron chi connectivity index (χ2n) is 6.74. The lowest BCUT2D eigenvalue weighted by atomic mass is 9.99. The molecule has 2 aromatic rings.